The number of hydrogen-bond acceptors (Lipinski definition) is 5. The van der Waals surface area contributed by atoms with Gasteiger partial charge in [-0.25, -0.2) is 9.97 Å². The van der Waals surface area contributed by atoms with E-state index in [0.29, 0.717) is 5.82 Å². The second kappa shape index (κ2) is 12.9. The lowest BCUT2D eigenvalue weighted by Crippen LogP contribution is -1.96. The number of rotatable bonds is 4. The van der Waals surface area contributed by atoms with Crippen LogP contribution < -0.4 is 0 Å². The summed E-state index contributed by atoms with van der Waals surface area (Å²) in [5.41, 5.74) is 10.8. The van der Waals surface area contributed by atoms with Crippen LogP contribution in [0.15, 0.2) is 188 Å². The number of fused-ring (bicyclic) bond motifs is 16. The molecule has 0 spiro atoms. The summed E-state index contributed by atoms with van der Waals surface area (Å²) in [6.07, 6.45) is 3.74. The molecule has 0 aliphatic heterocycles. The first kappa shape index (κ1) is 34.0. The van der Waals surface area contributed by atoms with Crippen molar-refractivity contribution < 1.29 is 0 Å². The van der Waals surface area contributed by atoms with Crippen molar-refractivity contribution in [3.8, 4) is 34.0 Å². The van der Waals surface area contributed by atoms with Gasteiger partial charge in [0.2, 0.25) is 0 Å². The summed E-state index contributed by atoms with van der Waals surface area (Å²) in [5, 5.41) is 11.3. The van der Waals surface area contributed by atoms with Crippen LogP contribution in [0.4, 0.5) is 0 Å². The normalized spacial score (nSPS) is 12.2. The highest BCUT2D eigenvalue weighted by molar-refractivity contribution is 7.27. The first-order valence-corrected chi connectivity index (χ1v) is 22.4. The van der Waals surface area contributed by atoms with E-state index in [1.54, 1.807) is 11.3 Å². The van der Waals surface area contributed by atoms with Crippen LogP contribution in [0, 0.1) is 0 Å². The zero-order valence-corrected chi connectivity index (χ0v) is 34.6. The van der Waals surface area contributed by atoms with E-state index in [2.05, 4.69) is 184 Å². The summed E-state index contributed by atoms with van der Waals surface area (Å²) in [5.74, 6) is 0.710. The Labute approximate surface area is 362 Å². The molecular formula is C55H31N5S2. The highest BCUT2D eigenvalue weighted by atomic mass is 32.1. The van der Waals surface area contributed by atoms with Crippen molar-refractivity contribution in [3.63, 3.8) is 0 Å². The quantitative estimate of drug-likeness (QED) is 0.178. The largest absolute Gasteiger partial charge is 0.309 e. The predicted molar refractivity (Wildman–Crippen MR) is 263 cm³/mol. The SMILES string of the molecule is c1cncc(-n2c3ccccc3c3cc(-c4nc(-c5ccc(-n6c7ccccc7c7c8sc9ccccc9c8c8ccccc8c76)cc5)c5sc6ccccc6c5n4)ccc32)c1. The number of pyridine rings is 1. The average Bonchev–Trinajstić information content (AvgIpc) is 4.10. The molecule has 5 nitrogen and oxygen atoms in total. The van der Waals surface area contributed by atoms with Crippen molar-refractivity contribution in [3.05, 3.63) is 188 Å². The van der Waals surface area contributed by atoms with Crippen molar-refractivity contribution in [2.24, 2.45) is 0 Å². The standard InChI is InChI=1S/C55H31N5S2/c1-2-15-38-37(14-1)48-40-17-5-9-21-46(40)61-53(48)49-39-16-4-8-20-44(39)60(52(38)49)34-26-23-32(24-27-34)50-54-51(41-18-6-10-22-47(41)62-54)58-55(57-50)33-25-28-45-42(30-33)36-13-3-7-19-43(36)59(45)35-12-11-29-56-31-35/h1-31H. The van der Waals surface area contributed by atoms with Gasteiger partial charge in [-0.3, -0.25) is 4.98 Å². The molecule has 0 aliphatic carbocycles. The van der Waals surface area contributed by atoms with E-state index >= 15 is 0 Å². The Morgan fingerprint density at radius 3 is 1.82 bits per heavy atom. The first-order chi connectivity index (χ1) is 30.8. The maximum absolute atomic E-state index is 5.45. The van der Waals surface area contributed by atoms with E-state index < -0.39 is 0 Å². The van der Waals surface area contributed by atoms with Crippen molar-refractivity contribution >= 4 is 118 Å². The highest BCUT2D eigenvalue weighted by Crippen LogP contribution is 2.48. The van der Waals surface area contributed by atoms with Crippen molar-refractivity contribution in [2.45, 2.75) is 0 Å². The molecule has 0 aliphatic rings. The Kier molecular flexibility index (Phi) is 7.08. The topological polar surface area (TPSA) is 48.5 Å². The summed E-state index contributed by atoms with van der Waals surface area (Å²) in [4.78, 5) is 15.2. The second-order valence-corrected chi connectivity index (χ2v) is 18.0. The Hall–Kier alpha value is -7.71. The third kappa shape index (κ3) is 4.74. The molecule has 14 rings (SSSR count). The van der Waals surface area contributed by atoms with Gasteiger partial charge in [0.05, 0.1) is 49.9 Å². The third-order valence-corrected chi connectivity index (χ3v) is 15.0. The summed E-state index contributed by atoms with van der Waals surface area (Å²) >= 11 is 3.67. The number of aromatic nitrogens is 5. The van der Waals surface area contributed by atoms with Crippen molar-refractivity contribution in [2.75, 3.05) is 0 Å². The lowest BCUT2D eigenvalue weighted by molar-refractivity contribution is 1.14. The van der Waals surface area contributed by atoms with Gasteiger partial charge in [-0.1, -0.05) is 109 Å². The van der Waals surface area contributed by atoms with E-state index in [1.165, 1.54) is 62.8 Å². The minimum Gasteiger partial charge on any atom is -0.309 e. The Balaban J connectivity index is 0.981. The maximum Gasteiger partial charge on any atom is 0.160 e. The van der Waals surface area contributed by atoms with Crippen LogP contribution in [-0.4, -0.2) is 24.1 Å². The molecule has 0 amide bonds. The molecule has 0 radical (unpaired) electrons. The van der Waals surface area contributed by atoms with Gasteiger partial charge >= 0.3 is 0 Å². The molecule has 14 aromatic rings. The zero-order chi connectivity index (χ0) is 40.5. The molecule has 288 valence electrons. The maximum atomic E-state index is 5.45. The number of thiophene rings is 2. The lowest BCUT2D eigenvalue weighted by atomic mass is 9.99. The van der Waals surface area contributed by atoms with E-state index in [1.807, 2.05) is 29.8 Å². The minimum atomic E-state index is 0.710. The first-order valence-electron chi connectivity index (χ1n) is 20.8. The van der Waals surface area contributed by atoms with Crippen LogP contribution in [-0.2, 0) is 0 Å². The molecular weight excluding hydrogens is 795 g/mol. The molecule has 6 aromatic heterocycles. The van der Waals surface area contributed by atoms with E-state index in [9.17, 15) is 0 Å². The van der Waals surface area contributed by atoms with Gasteiger partial charge in [0.1, 0.15) is 0 Å². The molecule has 0 bridgehead atoms. The van der Waals surface area contributed by atoms with E-state index in [0.717, 1.165) is 60.2 Å². The molecule has 0 N–H and O–H groups in total. The van der Waals surface area contributed by atoms with Gasteiger partial charge in [0.15, 0.2) is 5.82 Å². The Morgan fingerprint density at radius 1 is 0.403 bits per heavy atom. The lowest BCUT2D eigenvalue weighted by Gasteiger charge is -2.12. The van der Waals surface area contributed by atoms with Gasteiger partial charge in [-0.05, 0) is 72.1 Å². The van der Waals surface area contributed by atoms with Gasteiger partial charge in [-0.2, -0.15) is 0 Å². The molecule has 6 heterocycles. The fraction of sp³-hybridized carbons (Fsp3) is 0. The Bertz CT molecular complexity index is 4150. The van der Waals surface area contributed by atoms with Crippen LogP contribution in [0.1, 0.15) is 0 Å². The highest BCUT2D eigenvalue weighted by Gasteiger charge is 2.23. The van der Waals surface area contributed by atoms with Gasteiger partial charge in [-0.15, -0.1) is 22.7 Å². The smallest absolute Gasteiger partial charge is 0.160 e. The summed E-state index contributed by atoms with van der Waals surface area (Å²) < 4.78 is 9.70. The average molecular weight is 826 g/mol. The molecule has 0 saturated carbocycles. The number of para-hydroxylation sites is 2. The van der Waals surface area contributed by atoms with Crippen LogP contribution in [0.3, 0.4) is 0 Å². The minimum absolute atomic E-state index is 0.710. The summed E-state index contributed by atoms with van der Waals surface area (Å²) in [7, 11) is 0. The summed E-state index contributed by atoms with van der Waals surface area (Å²) in [6, 6.07) is 63.6. The van der Waals surface area contributed by atoms with Crippen LogP contribution in [0.5, 0.6) is 0 Å². The number of hydrogen-bond donors (Lipinski definition) is 0. The molecule has 0 saturated heterocycles. The fourth-order valence-corrected chi connectivity index (χ4v) is 12.4. The molecule has 62 heavy (non-hydrogen) atoms. The van der Waals surface area contributed by atoms with Crippen molar-refractivity contribution in [1.82, 2.24) is 24.1 Å². The molecule has 7 heteroatoms. The van der Waals surface area contributed by atoms with Gasteiger partial charge in [0.25, 0.3) is 0 Å². The molecule has 0 atom stereocenters. The van der Waals surface area contributed by atoms with Crippen LogP contribution in [0.25, 0.3) is 129 Å². The van der Waals surface area contributed by atoms with E-state index in [-0.39, 0.29) is 0 Å². The van der Waals surface area contributed by atoms with E-state index in [4.69, 9.17) is 9.97 Å². The second-order valence-electron chi connectivity index (χ2n) is 15.9. The van der Waals surface area contributed by atoms with Gasteiger partial charge < -0.3 is 9.13 Å². The number of benzene rings is 8. The van der Waals surface area contributed by atoms with Gasteiger partial charge in [0, 0.05) is 80.2 Å². The Morgan fingerprint density at radius 2 is 1.03 bits per heavy atom. The molecule has 0 fully saturated rings. The third-order valence-electron chi connectivity index (χ3n) is 12.6. The van der Waals surface area contributed by atoms with Crippen LogP contribution in [0.2, 0.25) is 0 Å². The zero-order valence-electron chi connectivity index (χ0n) is 33.0. The summed E-state index contributed by atoms with van der Waals surface area (Å²) in [6.45, 7) is 0. The van der Waals surface area contributed by atoms with Crippen LogP contribution >= 0.6 is 22.7 Å². The predicted octanol–water partition coefficient (Wildman–Crippen LogP) is 15.3. The monoisotopic (exact) mass is 825 g/mol. The fourth-order valence-electron chi connectivity index (χ4n) is 9.95. The van der Waals surface area contributed by atoms with Crippen molar-refractivity contribution in [1.29, 1.82) is 0 Å². The molecule has 8 aromatic carbocycles. The molecule has 0 unspecified atom stereocenters. The number of nitrogens with zero attached hydrogens (tertiary/aromatic N) is 5.